The maximum Gasteiger partial charge on any atom is 0.224 e. The molecule has 2 N–H and O–H groups in total. The van der Waals surface area contributed by atoms with Gasteiger partial charge in [0.1, 0.15) is 5.69 Å². The van der Waals surface area contributed by atoms with E-state index >= 15 is 0 Å². The van der Waals surface area contributed by atoms with Gasteiger partial charge in [0.25, 0.3) is 0 Å². The van der Waals surface area contributed by atoms with Gasteiger partial charge in [0, 0.05) is 38.2 Å². The van der Waals surface area contributed by atoms with Crippen molar-refractivity contribution < 1.29 is 9.59 Å². The van der Waals surface area contributed by atoms with Crippen LogP contribution in [0.5, 0.6) is 0 Å². The Kier molecular flexibility index (Phi) is 6.90. The highest BCUT2D eigenvalue weighted by atomic mass is 16.2. The Balaban J connectivity index is 1.16. The first-order valence-electron chi connectivity index (χ1n) is 12.4. The maximum atomic E-state index is 12.7. The van der Waals surface area contributed by atoms with Gasteiger partial charge in [0.2, 0.25) is 11.8 Å². The van der Waals surface area contributed by atoms with Crippen molar-refractivity contribution in [2.75, 3.05) is 26.2 Å². The largest absolute Gasteiger partial charge is 0.355 e. The SMILES string of the molecule is CC(=O)NCCNC(=O)C1CN2CCC1CC2Cn1cc(-c2ccc(-c3ccccc3)cc2)nn1. The molecular weight excluding hydrogens is 440 g/mol. The Labute approximate surface area is 205 Å². The van der Waals surface area contributed by atoms with E-state index in [-0.39, 0.29) is 17.7 Å². The summed E-state index contributed by atoms with van der Waals surface area (Å²) in [5.74, 6) is 0.432. The molecule has 2 aromatic carbocycles. The lowest BCUT2D eigenvalue weighted by molar-refractivity contribution is -0.133. The lowest BCUT2D eigenvalue weighted by Gasteiger charge is -2.49. The van der Waals surface area contributed by atoms with Crippen molar-refractivity contribution >= 4 is 11.8 Å². The van der Waals surface area contributed by atoms with Crippen molar-refractivity contribution in [3.8, 4) is 22.4 Å². The number of hydrogen-bond donors (Lipinski definition) is 2. The number of benzene rings is 2. The van der Waals surface area contributed by atoms with E-state index in [2.05, 4.69) is 62.2 Å². The van der Waals surface area contributed by atoms with E-state index in [0.717, 1.165) is 43.7 Å². The zero-order chi connectivity index (χ0) is 24.2. The second-order valence-corrected chi connectivity index (χ2v) is 9.58. The van der Waals surface area contributed by atoms with Crippen LogP contribution in [0.2, 0.25) is 0 Å². The Bertz CT molecular complexity index is 1160. The molecule has 0 spiro atoms. The Hall–Kier alpha value is -3.52. The molecule has 6 rings (SSSR count). The van der Waals surface area contributed by atoms with Crippen molar-refractivity contribution in [3.05, 3.63) is 60.8 Å². The molecule has 0 aliphatic carbocycles. The molecule has 2 amide bonds. The number of rotatable bonds is 8. The number of carbonyl (C=O) groups excluding carboxylic acids is 2. The van der Waals surface area contributed by atoms with Crippen molar-refractivity contribution in [1.82, 2.24) is 30.5 Å². The Morgan fingerprint density at radius 2 is 1.69 bits per heavy atom. The summed E-state index contributed by atoms with van der Waals surface area (Å²) in [6.07, 6.45) is 4.06. The zero-order valence-electron chi connectivity index (χ0n) is 20.1. The number of fused-ring (bicyclic) bond motifs is 3. The molecule has 0 saturated carbocycles. The molecule has 182 valence electrons. The van der Waals surface area contributed by atoms with Crippen LogP contribution >= 0.6 is 0 Å². The molecule has 3 saturated heterocycles. The van der Waals surface area contributed by atoms with Crippen LogP contribution in [-0.2, 0) is 16.1 Å². The highest BCUT2D eigenvalue weighted by molar-refractivity contribution is 5.79. The maximum absolute atomic E-state index is 12.7. The van der Waals surface area contributed by atoms with E-state index in [0.29, 0.717) is 25.0 Å². The second-order valence-electron chi connectivity index (χ2n) is 9.58. The molecule has 4 unspecified atom stereocenters. The molecule has 3 aliphatic rings. The fourth-order valence-electron chi connectivity index (χ4n) is 5.38. The average Bonchev–Trinajstić information content (AvgIpc) is 3.36. The van der Waals surface area contributed by atoms with Gasteiger partial charge in [-0.2, -0.15) is 0 Å². The molecule has 8 nitrogen and oxygen atoms in total. The molecule has 8 heteroatoms. The summed E-state index contributed by atoms with van der Waals surface area (Å²) in [7, 11) is 0. The first-order valence-corrected chi connectivity index (χ1v) is 12.4. The summed E-state index contributed by atoms with van der Waals surface area (Å²) < 4.78 is 1.94. The molecule has 3 fully saturated rings. The number of amides is 2. The lowest BCUT2D eigenvalue weighted by Crippen LogP contribution is -2.58. The van der Waals surface area contributed by atoms with E-state index in [9.17, 15) is 9.59 Å². The zero-order valence-corrected chi connectivity index (χ0v) is 20.1. The predicted molar refractivity (Wildman–Crippen MR) is 134 cm³/mol. The molecule has 1 aromatic heterocycles. The number of nitrogens with zero attached hydrogens (tertiary/aromatic N) is 4. The van der Waals surface area contributed by atoms with E-state index < -0.39 is 0 Å². The number of carbonyl (C=O) groups is 2. The van der Waals surface area contributed by atoms with Crippen LogP contribution in [-0.4, -0.2) is 63.9 Å². The molecule has 3 aromatic rings. The first kappa shape index (κ1) is 23.2. The molecule has 2 bridgehead atoms. The number of nitrogens with one attached hydrogen (secondary N) is 2. The van der Waals surface area contributed by atoms with E-state index in [1.807, 2.05) is 29.1 Å². The third kappa shape index (κ3) is 5.43. The van der Waals surface area contributed by atoms with Crippen molar-refractivity contribution in [2.45, 2.75) is 32.4 Å². The van der Waals surface area contributed by atoms with Crippen molar-refractivity contribution in [1.29, 1.82) is 0 Å². The summed E-state index contributed by atoms with van der Waals surface area (Å²) in [6, 6.07) is 19.1. The molecular formula is C27H32N6O2. The van der Waals surface area contributed by atoms with Gasteiger partial charge in [-0.25, -0.2) is 0 Å². The average molecular weight is 473 g/mol. The van der Waals surface area contributed by atoms with Gasteiger partial charge in [-0.3, -0.25) is 19.2 Å². The molecule has 35 heavy (non-hydrogen) atoms. The van der Waals surface area contributed by atoms with Crippen molar-refractivity contribution in [2.24, 2.45) is 11.8 Å². The van der Waals surface area contributed by atoms with Crippen molar-refractivity contribution in [3.63, 3.8) is 0 Å². The van der Waals surface area contributed by atoms with Crippen LogP contribution in [0.15, 0.2) is 60.8 Å². The molecule has 0 radical (unpaired) electrons. The monoisotopic (exact) mass is 472 g/mol. The minimum Gasteiger partial charge on any atom is -0.355 e. The minimum atomic E-state index is -0.0783. The fourth-order valence-corrected chi connectivity index (χ4v) is 5.38. The topological polar surface area (TPSA) is 92.2 Å². The van der Waals surface area contributed by atoms with Gasteiger partial charge in [0.05, 0.1) is 18.7 Å². The van der Waals surface area contributed by atoms with Crippen LogP contribution in [0.3, 0.4) is 0 Å². The van der Waals surface area contributed by atoms with E-state index in [4.69, 9.17) is 0 Å². The molecule has 4 heterocycles. The Morgan fingerprint density at radius 1 is 0.971 bits per heavy atom. The van der Waals surface area contributed by atoms with E-state index in [1.54, 1.807) is 0 Å². The summed E-state index contributed by atoms with van der Waals surface area (Å²) in [6.45, 7) is 5.00. The number of piperidine rings is 3. The van der Waals surface area contributed by atoms with Gasteiger partial charge < -0.3 is 10.6 Å². The van der Waals surface area contributed by atoms with Gasteiger partial charge in [0.15, 0.2) is 0 Å². The third-order valence-electron chi connectivity index (χ3n) is 7.24. The van der Waals surface area contributed by atoms with Gasteiger partial charge in [-0.05, 0) is 36.4 Å². The minimum absolute atomic E-state index is 0.0202. The summed E-state index contributed by atoms with van der Waals surface area (Å²) in [4.78, 5) is 26.1. The van der Waals surface area contributed by atoms with Gasteiger partial charge in [-0.1, -0.05) is 59.8 Å². The predicted octanol–water partition coefficient (Wildman–Crippen LogP) is 2.57. The lowest BCUT2D eigenvalue weighted by atomic mass is 9.75. The summed E-state index contributed by atoms with van der Waals surface area (Å²) in [5, 5.41) is 14.5. The number of hydrogen-bond acceptors (Lipinski definition) is 5. The Morgan fingerprint density at radius 3 is 2.40 bits per heavy atom. The van der Waals surface area contributed by atoms with Crippen LogP contribution in [0.4, 0.5) is 0 Å². The van der Waals surface area contributed by atoms with Crippen LogP contribution < -0.4 is 10.6 Å². The third-order valence-corrected chi connectivity index (χ3v) is 7.24. The highest BCUT2D eigenvalue weighted by Gasteiger charge is 2.43. The second kappa shape index (κ2) is 10.4. The summed E-state index contributed by atoms with van der Waals surface area (Å²) in [5.41, 5.74) is 4.31. The summed E-state index contributed by atoms with van der Waals surface area (Å²) >= 11 is 0. The fraction of sp³-hybridized carbons (Fsp3) is 0.407. The van der Waals surface area contributed by atoms with Crippen LogP contribution in [0.25, 0.3) is 22.4 Å². The van der Waals surface area contributed by atoms with Gasteiger partial charge in [-0.15, -0.1) is 5.10 Å². The molecule has 4 atom stereocenters. The van der Waals surface area contributed by atoms with E-state index in [1.165, 1.54) is 18.1 Å². The smallest absolute Gasteiger partial charge is 0.224 e. The standard InChI is InChI=1S/C27H32N6O2/c1-19(34)28-12-13-29-27(35)25-17-32-14-11-23(25)15-24(32)16-33-18-26(30-31-33)22-9-7-21(8-10-22)20-5-3-2-4-6-20/h2-10,18,23-25H,11-17H2,1H3,(H,28,34)(H,29,35). The van der Waals surface area contributed by atoms with Crippen LogP contribution in [0.1, 0.15) is 19.8 Å². The number of aromatic nitrogens is 3. The van der Waals surface area contributed by atoms with Gasteiger partial charge >= 0.3 is 0 Å². The normalized spacial score (nSPS) is 23.1. The van der Waals surface area contributed by atoms with Crippen LogP contribution in [0, 0.1) is 11.8 Å². The molecule has 3 aliphatic heterocycles. The first-order chi connectivity index (χ1) is 17.1. The quantitative estimate of drug-likeness (QED) is 0.492. The highest BCUT2D eigenvalue weighted by Crippen LogP contribution is 2.37.